The largest absolute Gasteiger partial charge is 0.480 e. The van der Waals surface area contributed by atoms with Gasteiger partial charge in [0.15, 0.2) is 0 Å². The minimum Gasteiger partial charge on any atom is -0.480 e. The monoisotopic (exact) mass is 355 g/mol. The number of carbonyl (C=O) groups is 1. The van der Waals surface area contributed by atoms with Gasteiger partial charge in [-0.25, -0.2) is 4.39 Å². The molecule has 0 aromatic heterocycles. The molecular formula is C16H19BrFNO2. The maximum absolute atomic E-state index is 13.5. The molecule has 1 aliphatic heterocycles. The first-order valence-corrected chi connectivity index (χ1v) is 8.28. The Morgan fingerprint density at radius 3 is 2.90 bits per heavy atom. The lowest BCUT2D eigenvalue weighted by Gasteiger charge is -2.33. The van der Waals surface area contributed by atoms with Gasteiger partial charge in [0.05, 0.1) is 0 Å². The normalized spacial score (nSPS) is 29.3. The zero-order valence-electron chi connectivity index (χ0n) is 11.8. The summed E-state index contributed by atoms with van der Waals surface area (Å²) in [5.74, 6) is -0.552. The summed E-state index contributed by atoms with van der Waals surface area (Å²) in [5.41, 5.74) is 0.826. The summed E-state index contributed by atoms with van der Waals surface area (Å²) >= 11 is 3.44. The predicted octanol–water partition coefficient (Wildman–Crippen LogP) is 3.81. The lowest BCUT2D eigenvalue weighted by Crippen LogP contribution is -2.41. The van der Waals surface area contributed by atoms with E-state index in [1.807, 2.05) is 0 Å². The van der Waals surface area contributed by atoms with E-state index < -0.39 is 12.0 Å². The minimum atomic E-state index is -0.753. The van der Waals surface area contributed by atoms with Crippen molar-refractivity contribution >= 4 is 21.9 Å². The van der Waals surface area contributed by atoms with Crippen LogP contribution in [0.15, 0.2) is 22.7 Å². The van der Waals surface area contributed by atoms with Crippen LogP contribution in [0.3, 0.4) is 0 Å². The summed E-state index contributed by atoms with van der Waals surface area (Å²) in [6, 6.07) is 4.49. The Morgan fingerprint density at radius 2 is 2.14 bits per heavy atom. The zero-order valence-corrected chi connectivity index (χ0v) is 13.4. The summed E-state index contributed by atoms with van der Waals surface area (Å²) in [4.78, 5) is 13.6. The summed E-state index contributed by atoms with van der Waals surface area (Å²) in [7, 11) is 0. The van der Waals surface area contributed by atoms with Crippen molar-refractivity contribution in [1.29, 1.82) is 0 Å². The number of carboxylic acid groups (broad SMARTS) is 1. The fourth-order valence-corrected chi connectivity index (χ4v) is 4.26. The summed E-state index contributed by atoms with van der Waals surface area (Å²) in [6.45, 7) is 0.497. The highest BCUT2D eigenvalue weighted by Crippen LogP contribution is 2.41. The van der Waals surface area contributed by atoms with Gasteiger partial charge in [-0.2, -0.15) is 0 Å². The number of nitrogens with zero attached hydrogens (tertiary/aromatic N) is 1. The molecule has 3 nitrogen and oxygen atoms in total. The maximum atomic E-state index is 13.5. The number of likely N-dealkylation sites (tertiary alicyclic amines) is 1. The molecule has 1 aromatic rings. The van der Waals surface area contributed by atoms with Crippen LogP contribution >= 0.6 is 15.9 Å². The second kappa shape index (κ2) is 6.05. The Hall–Kier alpha value is -0.940. The van der Waals surface area contributed by atoms with Gasteiger partial charge in [-0.1, -0.05) is 28.8 Å². The summed E-state index contributed by atoms with van der Waals surface area (Å²) in [5, 5.41) is 9.51. The van der Waals surface area contributed by atoms with Crippen molar-refractivity contribution in [2.24, 2.45) is 5.92 Å². The van der Waals surface area contributed by atoms with Crippen LogP contribution in [0, 0.1) is 11.7 Å². The first-order chi connectivity index (χ1) is 10.1. The first-order valence-electron chi connectivity index (χ1n) is 7.48. The Morgan fingerprint density at radius 1 is 1.38 bits per heavy atom. The highest BCUT2D eigenvalue weighted by atomic mass is 79.9. The van der Waals surface area contributed by atoms with E-state index in [-0.39, 0.29) is 5.82 Å². The van der Waals surface area contributed by atoms with E-state index >= 15 is 0 Å². The molecule has 0 radical (unpaired) electrons. The fraction of sp³-hybridized carbons (Fsp3) is 0.562. The Bertz CT molecular complexity index is 551. The summed E-state index contributed by atoms with van der Waals surface area (Å²) in [6.07, 6.45) is 5.27. The maximum Gasteiger partial charge on any atom is 0.320 e. The topological polar surface area (TPSA) is 40.5 Å². The molecule has 0 amide bonds. The minimum absolute atomic E-state index is 0.278. The zero-order chi connectivity index (χ0) is 15.0. The molecule has 0 unspecified atom stereocenters. The van der Waals surface area contributed by atoms with Crippen molar-refractivity contribution < 1.29 is 14.3 Å². The van der Waals surface area contributed by atoms with E-state index in [1.54, 1.807) is 6.07 Å². The number of hydrogen-bond acceptors (Lipinski definition) is 2. The van der Waals surface area contributed by atoms with Crippen molar-refractivity contribution in [1.82, 2.24) is 4.90 Å². The molecule has 1 aliphatic carbocycles. The van der Waals surface area contributed by atoms with Crippen LogP contribution in [0.4, 0.5) is 4.39 Å². The molecule has 1 N–H and O–H groups in total. The summed E-state index contributed by atoms with van der Waals surface area (Å²) < 4.78 is 14.3. The third-order valence-corrected chi connectivity index (χ3v) is 5.64. The number of rotatable bonds is 3. The van der Waals surface area contributed by atoms with Gasteiger partial charge in [-0.05, 0) is 48.9 Å². The average molecular weight is 356 g/mol. The van der Waals surface area contributed by atoms with Gasteiger partial charge in [-0.3, -0.25) is 9.69 Å². The van der Waals surface area contributed by atoms with Crippen LogP contribution in [0.25, 0.3) is 0 Å². The molecule has 21 heavy (non-hydrogen) atoms. The standard InChI is InChI=1S/C16H19BrFNO2/c17-13-6-5-12(18)7-11(13)9-19-14-4-2-1-3-10(14)8-15(19)16(20)21/h5-7,10,14-15H,1-4,8-9H2,(H,20,21)/t10-,14-,15-/m0/s1. The van der Waals surface area contributed by atoms with Crippen molar-refractivity contribution in [2.75, 3.05) is 0 Å². The fourth-order valence-electron chi connectivity index (χ4n) is 3.88. The van der Waals surface area contributed by atoms with E-state index in [1.165, 1.54) is 18.6 Å². The number of halogens is 2. The van der Waals surface area contributed by atoms with E-state index in [0.29, 0.717) is 18.5 Å². The van der Waals surface area contributed by atoms with Gasteiger partial charge < -0.3 is 5.11 Å². The van der Waals surface area contributed by atoms with Crippen molar-refractivity contribution in [3.8, 4) is 0 Å². The Labute approximate surface area is 132 Å². The van der Waals surface area contributed by atoms with Crippen LogP contribution in [-0.2, 0) is 11.3 Å². The van der Waals surface area contributed by atoms with E-state index in [0.717, 1.165) is 35.7 Å². The molecular weight excluding hydrogens is 337 g/mol. The number of hydrogen-bond donors (Lipinski definition) is 1. The third kappa shape index (κ3) is 2.99. The van der Waals surface area contributed by atoms with Gasteiger partial charge in [0.25, 0.3) is 0 Å². The lowest BCUT2D eigenvalue weighted by molar-refractivity contribution is -0.142. The molecule has 2 fully saturated rings. The Kier molecular flexibility index (Phi) is 4.31. The second-order valence-corrected chi connectivity index (χ2v) is 6.96. The molecule has 1 saturated carbocycles. The number of aliphatic carboxylic acids is 1. The van der Waals surface area contributed by atoms with Crippen LogP contribution in [0.5, 0.6) is 0 Å². The highest BCUT2D eigenvalue weighted by molar-refractivity contribution is 9.10. The van der Waals surface area contributed by atoms with Gasteiger partial charge >= 0.3 is 5.97 Å². The molecule has 3 rings (SSSR count). The molecule has 5 heteroatoms. The number of carboxylic acids is 1. The number of fused-ring (bicyclic) bond motifs is 1. The molecule has 114 valence electrons. The number of benzene rings is 1. The van der Waals surface area contributed by atoms with Gasteiger partial charge in [0.1, 0.15) is 11.9 Å². The molecule has 1 aromatic carbocycles. The molecule has 2 aliphatic rings. The van der Waals surface area contributed by atoms with Crippen LogP contribution < -0.4 is 0 Å². The van der Waals surface area contributed by atoms with Crippen molar-refractivity contribution in [2.45, 2.75) is 50.7 Å². The van der Waals surface area contributed by atoms with Gasteiger partial charge in [-0.15, -0.1) is 0 Å². The van der Waals surface area contributed by atoms with Crippen LogP contribution in [0.1, 0.15) is 37.7 Å². The van der Waals surface area contributed by atoms with E-state index in [2.05, 4.69) is 20.8 Å². The Balaban J connectivity index is 1.86. The third-order valence-electron chi connectivity index (χ3n) is 4.87. The molecule has 1 saturated heterocycles. The molecule has 0 spiro atoms. The van der Waals surface area contributed by atoms with Crippen LogP contribution in [-0.4, -0.2) is 28.1 Å². The second-order valence-electron chi connectivity index (χ2n) is 6.11. The highest BCUT2D eigenvalue weighted by Gasteiger charge is 2.45. The van der Waals surface area contributed by atoms with E-state index in [4.69, 9.17) is 0 Å². The average Bonchev–Trinajstić information content (AvgIpc) is 2.82. The molecule has 0 bridgehead atoms. The van der Waals surface area contributed by atoms with E-state index in [9.17, 15) is 14.3 Å². The van der Waals surface area contributed by atoms with Gasteiger partial charge in [0, 0.05) is 17.1 Å². The molecule has 1 heterocycles. The first kappa shape index (κ1) is 15.0. The van der Waals surface area contributed by atoms with Crippen LogP contribution in [0.2, 0.25) is 0 Å². The van der Waals surface area contributed by atoms with Crippen molar-refractivity contribution in [3.63, 3.8) is 0 Å². The quantitative estimate of drug-likeness (QED) is 0.896. The smallest absolute Gasteiger partial charge is 0.320 e. The molecule has 3 atom stereocenters. The SMILES string of the molecule is O=C(O)[C@@H]1C[C@@H]2CCCC[C@@H]2N1Cc1cc(F)ccc1Br. The lowest BCUT2D eigenvalue weighted by atomic mass is 9.84. The predicted molar refractivity (Wildman–Crippen MR) is 81.4 cm³/mol. The van der Waals surface area contributed by atoms with Gasteiger partial charge in [0.2, 0.25) is 0 Å². The van der Waals surface area contributed by atoms with Crippen molar-refractivity contribution in [3.05, 3.63) is 34.1 Å².